The largest absolute Gasteiger partial charge is 0.496 e. The summed E-state index contributed by atoms with van der Waals surface area (Å²) >= 11 is 5.79. The van der Waals surface area contributed by atoms with Crippen LogP contribution in [0.5, 0.6) is 5.75 Å². The van der Waals surface area contributed by atoms with Crippen LogP contribution in [0.3, 0.4) is 0 Å². The molecular formula is C8H10ClOP. The molecule has 3 heteroatoms. The first-order chi connectivity index (χ1) is 5.27. The zero-order valence-electron chi connectivity index (χ0n) is 6.30. The molecule has 1 aromatic carbocycles. The highest BCUT2D eigenvalue weighted by atomic mass is 35.5. The van der Waals surface area contributed by atoms with Crippen LogP contribution in [0.15, 0.2) is 18.2 Å². The number of benzene rings is 1. The molecule has 1 aromatic rings. The van der Waals surface area contributed by atoms with Gasteiger partial charge in [-0.3, -0.25) is 0 Å². The van der Waals surface area contributed by atoms with Gasteiger partial charge in [0, 0.05) is 5.02 Å². The van der Waals surface area contributed by atoms with Crippen LogP contribution in [0.2, 0.25) is 5.02 Å². The van der Waals surface area contributed by atoms with E-state index in [4.69, 9.17) is 16.3 Å². The predicted molar refractivity (Wildman–Crippen MR) is 51.4 cm³/mol. The first kappa shape index (κ1) is 8.83. The summed E-state index contributed by atoms with van der Waals surface area (Å²) in [6.45, 7) is 0. The zero-order chi connectivity index (χ0) is 8.27. The quantitative estimate of drug-likeness (QED) is 0.649. The molecule has 1 atom stereocenters. The van der Waals surface area contributed by atoms with Gasteiger partial charge in [0.05, 0.1) is 7.11 Å². The van der Waals surface area contributed by atoms with Gasteiger partial charge in [-0.1, -0.05) is 11.6 Å². The van der Waals surface area contributed by atoms with Crippen LogP contribution < -0.4 is 4.74 Å². The lowest BCUT2D eigenvalue weighted by Gasteiger charge is -2.05. The van der Waals surface area contributed by atoms with Gasteiger partial charge in [0.25, 0.3) is 0 Å². The average molecular weight is 189 g/mol. The van der Waals surface area contributed by atoms with Gasteiger partial charge in [0.1, 0.15) is 5.75 Å². The standard InChI is InChI=1S/C8H10ClOP/c1-10-8-3-2-7(9)4-6(8)5-11/h2-4H,5,11H2,1H3. The fourth-order valence-electron chi connectivity index (χ4n) is 0.907. The van der Waals surface area contributed by atoms with Crippen LogP contribution >= 0.6 is 20.8 Å². The van der Waals surface area contributed by atoms with E-state index in [1.165, 1.54) is 0 Å². The predicted octanol–water partition coefficient (Wildman–Crippen LogP) is 2.72. The van der Waals surface area contributed by atoms with E-state index in [0.717, 1.165) is 22.5 Å². The first-order valence-corrected chi connectivity index (χ1v) is 4.50. The highest BCUT2D eigenvalue weighted by Gasteiger charge is 1.99. The minimum Gasteiger partial charge on any atom is -0.496 e. The molecular weight excluding hydrogens is 179 g/mol. The maximum atomic E-state index is 5.79. The van der Waals surface area contributed by atoms with Crippen molar-refractivity contribution in [1.29, 1.82) is 0 Å². The summed E-state index contributed by atoms with van der Waals surface area (Å²) < 4.78 is 5.12. The fourth-order valence-corrected chi connectivity index (χ4v) is 1.42. The highest BCUT2D eigenvalue weighted by Crippen LogP contribution is 2.24. The second-order valence-electron chi connectivity index (χ2n) is 2.16. The van der Waals surface area contributed by atoms with Crippen molar-refractivity contribution in [2.75, 3.05) is 7.11 Å². The molecule has 0 aromatic heterocycles. The summed E-state index contributed by atoms with van der Waals surface area (Å²) in [5.74, 6) is 0.893. The van der Waals surface area contributed by atoms with E-state index in [1.807, 2.05) is 18.2 Å². The monoisotopic (exact) mass is 188 g/mol. The van der Waals surface area contributed by atoms with Gasteiger partial charge in [-0.15, -0.1) is 9.24 Å². The molecule has 0 aliphatic carbocycles. The number of ether oxygens (including phenoxy) is 1. The third kappa shape index (κ3) is 2.08. The van der Waals surface area contributed by atoms with Crippen LogP contribution in [0, 0.1) is 0 Å². The van der Waals surface area contributed by atoms with Crippen molar-refractivity contribution in [1.82, 2.24) is 0 Å². The smallest absolute Gasteiger partial charge is 0.122 e. The molecule has 0 bridgehead atoms. The molecule has 1 rings (SSSR count). The topological polar surface area (TPSA) is 9.23 Å². The molecule has 0 N–H and O–H groups in total. The maximum Gasteiger partial charge on any atom is 0.122 e. The van der Waals surface area contributed by atoms with Crippen molar-refractivity contribution in [3.05, 3.63) is 28.8 Å². The van der Waals surface area contributed by atoms with E-state index >= 15 is 0 Å². The number of rotatable bonds is 2. The second kappa shape index (κ2) is 3.94. The summed E-state index contributed by atoms with van der Waals surface area (Å²) in [5.41, 5.74) is 1.12. The van der Waals surface area contributed by atoms with Crippen molar-refractivity contribution in [2.45, 2.75) is 6.16 Å². The third-order valence-corrected chi connectivity index (χ3v) is 2.14. The summed E-state index contributed by atoms with van der Waals surface area (Å²) in [4.78, 5) is 0. The second-order valence-corrected chi connectivity index (χ2v) is 3.00. The molecule has 0 heterocycles. The van der Waals surface area contributed by atoms with E-state index in [9.17, 15) is 0 Å². The Labute approximate surface area is 73.9 Å². The Hall–Kier alpha value is -0.260. The minimum atomic E-state index is 0.753. The molecule has 0 saturated heterocycles. The van der Waals surface area contributed by atoms with Crippen molar-refractivity contribution in [3.8, 4) is 5.75 Å². The van der Waals surface area contributed by atoms with Crippen LogP contribution in [0.4, 0.5) is 0 Å². The molecule has 0 aliphatic rings. The fraction of sp³-hybridized carbons (Fsp3) is 0.250. The van der Waals surface area contributed by atoms with Gasteiger partial charge in [-0.2, -0.15) is 0 Å². The lowest BCUT2D eigenvalue weighted by atomic mass is 10.2. The molecule has 11 heavy (non-hydrogen) atoms. The van der Waals surface area contributed by atoms with E-state index in [0.29, 0.717) is 0 Å². The maximum absolute atomic E-state index is 5.79. The Kier molecular flexibility index (Phi) is 3.16. The Balaban J connectivity index is 3.06. The van der Waals surface area contributed by atoms with Crippen molar-refractivity contribution >= 4 is 20.8 Å². The highest BCUT2D eigenvalue weighted by molar-refractivity contribution is 7.15. The van der Waals surface area contributed by atoms with Gasteiger partial charge in [0.2, 0.25) is 0 Å². The molecule has 0 spiro atoms. The zero-order valence-corrected chi connectivity index (χ0v) is 8.21. The lowest BCUT2D eigenvalue weighted by Crippen LogP contribution is -1.88. The summed E-state index contributed by atoms with van der Waals surface area (Å²) in [6.07, 6.45) is 0.865. The normalized spacial score (nSPS) is 9.73. The van der Waals surface area contributed by atoms with Crippen LogP contribution in [-0.4, -0.2) is 7.11 Å². The summed E-state index contributed by atoms with van der Waals surface area (Å²) in [6, 6.07) is 5.61. The average Bonchev–Trinajstić information content (AvgIpc) is 2.04. The van der Waals surface area contributed by atoms with E-state index in [2.05, 4.69) is 9.24 Å². The van der Waals surface area contributed by atoms with E-state index in [-0.39, 0.29) is 0 Å². The summed E-state index contributed by atoms with van der Waals surface area (Å²) in [5, 5.41) is 0.753. The van der Waals surface area contributed by atoms with Crippen molar-refractivity contribution in [2.24, 2.45) is 0 Å². The number of hydrogen-bond acceptors (Lipinski definition) is 1. The van der Waals surface area contributed by atoms with E-state index < -0.39 is 0 Å². The number of methoxy groups -OCH3 is 1. The molecule has 60 valence electrons. The molecule has 0 saturated carbocycles. The van der Waals surface area contributed by atoms with Gasteiger partial charge in [-0.05, 0) is 29.9 Å². The van der Waals surface area contributed by atoms with Crippen molar-refractivity contribution in [3.63, 3.8) is 0 Å². The number of halogens is 1. The molecule has 1 nitrogen and oxygen atoms in total. The van der Waals surface area contributed by atoms with Crippen LogP contribution in [0.1, 0.15) is 5.56 Å². The molecule has 0 radical (unpaired) electrons. The van der Waals surface area contributed by atoms with E-state index in [1.54, 1.807) is 7.11 Å². The van der Waals surface area contributed by atoms with Crippen LogP contribution in [-0.2, 0) is 6.16 Å². The summed E-state index contributed by atoms with van der Waals surface area (Å²) in [7, 11) is 4.30. The van der Waals surface area contributed by atoms with Gasteiger partial charge in [0.15, 0.2) is 0 Å². The Morgan fingerprint density at radius 1 is 1.55 bits per heavy atom. The van der Waals surface area contributed by atoms with Gasteiger partial charge < -0.3 is 4.74 Å². The molecule has 0 amide bonds. The molecule has 1 unspecified atom stereocenters. The molecule has 0 aliphatic heterocycles. The lowest BCUT2D eigenvalue weighted by molar-refractivity contribution is 0.411. The first-order valence-electron chi connectivity index (χ1n) is 3.30. The Morgan fingerprint density at radius 2 is 2.27 bits per heavy atom. The Morgan fingerprint density at radius 3 is 2.82 bits per heavy atom. The molecule has 0 fully saturated rings. The minimum absolute atomic E-state index is 0.753. The SMILES string of the molecule is COc1ccc(Cl)cc1CP. The number of hydrogen-bond donors (Lipinski definition) is 0. The van der Waals surface area contributed by atoms with Gasteiger partial charge in [-0.25, -0.2) is 0 Å². The van der Waals surface area contributed by atoms with Crippen LogP contribution in [0.25, 0.3) is 0 Å². The third-order valence-electron chi connectivity index (χ3n) is 1.46. The van der Waals surface area contributed by atoms with Crippen molar-refractivity contribution < 1.29 is 4.74 Å². The Bertz CT molecular complexity index is 250. The van der Waals surface area contributed by atoms with Gasteiger partial charge >= 0.3 is 0 Å².